The molecule has 1 aliphatic rings. The number of cyclic esters (lactones) is 1. The van der Waals surface area contributed by atoms with E-state index in [1.165, 1.54) is 0 Å². The summed E-state index contributed by atoms with van der Waals surface area (Å²) in [5.74, 6) is -0.843. The Labute approximate surface area is 144 Å². The number of fused-ring (bicyclic) bond motifs is 2. The summed E-state index contributed by atoms with van der Waals surface area (Å²) < 4.78 is 5.47. The van der Waals surface area contributed by atoms with Crippen molar-refractivity contribution in [1.82, 2.24) is 4.98 Å². The van der Waals surface area contributed by atoms with Gasteiger partial charge in [-0.25, -0.2) is 4.79 Å². The summed E-state index contributed by atoms with van der Waals surface area (Å²) in [6.07, 6.45) is 2.01. The molecule has 0 fully saturated rings. The molecule has 1 atom stereocenters. The number of hydrogen-bond donors (Lipinski definition) is 1. The van der Waals surface area contributed by atoms with E-state index < -0.39 is 11.6 Å². The number of para-hydroxylation sites is 1. The normalized spacial score (nSPS) is 19.2. The molecule has 0 bridgehead atoms. The Kier molecular flexibility index (Phi) is 3.50. The average molecular weight is 332 g/mol. The molecule has 1 aliphatic heterocycles. The summed E-state index contributed by atoms with van der Waals surface area (Å²) in [4.78, 5) is 29.5. The van der Waals surface area contributed by atoms with E-state index in [1.807, 2.05) is 36.4 Å². The van der Waals surface area contributed by atoms with E-state index in [9.17, 15) is 9.59 Å². The van der Waals surface area contributed by atoms with Gasteiger partial charge in [0.05, 0.1) is 16.8 Å². The lowest BCUT2D eigenvalue weighted by molar-refractivity contribution is -0.134. The Bertz CT molecular complexity index is 994. The van der Waals surface area contributed by atoms with Crippen LogP contribution in [0.15, 0.2) is 60.8 Å². The van der Waals surface area contributed by atoms with Crippen molar-refractivity contribution in [3.8, 4) is 0 Å². The standard InChI is InChI=1S/C20H16N2O3/c1-20(12-14-6-2-3-9-15(14)18(23)25-20)19(24)22-16-10-4-7-13-8-5-11-21-17(13)16/h2-11H,12H2,1H3,(H,22,24)/t20-/m1/s1. The van der Waals surface area contributed by atoms with Crippen LogP contribution in [-0.4, -0.2) is 22.5 Å². The van der Waals surface area contributed by atoms with E-state index in [0.29, 0.717) is 23.2 Å². The number of benzene rings is 2. The molecule has 1 N–H and O–H groups in total. The molecule has 0 aliphatic carbocycles. The van der Waals surface area contributed by atoms with E-state index in [4.69, 9.17) is 4.74 Å². The number of rotatable bonds is 2. The van der Waals surface area contributed by atoms with Gasteiger partial charge in [-0.2, -0.15) is 0 Å². The zero-order chi connectivity index (χ0) is 17.4. The van der Waals surface area contributed by atoms with Crippen molar-refractivity contribution >= 4 is 28.5 Å². The second kappa shape index (κ2) is 5.70. The minimum absolute atomic E-state index is 0.332. The number of pyridine rings is 1. The first-order chi connectivity index (χ1) is 12.1. The largest absolute Gasteiger partial charge is 0.445 e. The van der Waals surface area contributed by atoms with Crippen molar-refractivity contribution in [2.75, 3.05) is 5.32 Å². The highest BCUT2D eigenvalue weighted by molar-refractivity contribution is 6.06. The zero-order valence-corrected chi connectivity index (χ0v) is 13.7. The number of anilines is 1. The molecular formula is C20H16N2O3. The fraction of sp³-hybridized carbons (Fsp3) is 0.150. The lowest BCUT2D eigenvalue weighted by Crippen LogP contribution is -2.48. The topological polar surface area (TPSA) is 68.3 Å². The third kappa shape index (κ3) is 2.63. The van der Waals surface area contributed by atoms with Gasteiger partial charge in [0.15, 0.2) is 5.60 Å². The van der Waals surface area contributed by atoms with Gasteiger partial charge >= 0.3 is 5.97 Å². The Morgan fingerprint density at radius 1 is 1.12 bits per heavy atom. The SMILES string of the molecule is C[C@]1(C(=O)Nc2cccc3cccnc23)Cc2ccccc2C(=O)O1. The molecule has 3 aromatic rings. The third-order valence-corrected chi connectivity index (χ3v) is 4.44. The Balaban J connectivity index is 1.66. The number of aromatic nitrogens is 1. The van der Waals surface area contributed by atoms with Gasteiger partial charge in [0.2, 0.25) is 0 Å². The van der Waals surface area contributed by atoms with Crippen molar-refractivity contribution in [2.45, 2.75) is 18.9 Å². The summed E-state index contributed by atoms with van der Waals surface area (Å²) in [6, 6.07) is 16.5. The first-order valence-electron chi connectivity index (χ1n) is 8.03. The Morgan fingerprint density at radius 2 is 1.92 bits per heavy atom. The van der Waals surface area contributed by atoms with Gasteiger partial charge in [0, 0.05) is 18.0 Å². The molecule has 1 aromatic heterocycles. The van der Waals surface area contributed by atoms with Crippen LogP contribution >= 0.6 is 0 Å². The van der Waals surface area contributed by atoms with Crippen molar-refractivity contribution in [2.24, 2.45) is 0 Å². The highest BCUT2D eigenvalue weighted by atomic mass is 16.6. The van der Waals surface area contributed by atoms with Crippen LogP contribution < -0.4 is 5.32 Å². The van der Waals surface area contributed by atoms with Crippen molar-refractivity contribution in [1.29, 1.82) is 0 Å². The van der Waals surface area contributed by atoms with Crippen LogP contribution in [0.3, 0.4) is 0 Å². The third-order valence-electron chi connectivity index (χ3n) is 4.44. The number of nitrogens with zero attached hydrogens (tertiary/aromatic N) is 1. The quantitative estimate of drug-likeness (QED) is 0.731. The predicted molar refractivity (Wildman–Crippen MR) is 94.3 cm³/mol. The lowest BCUT2D eigenvalue weighted by Gasteiger charge is -2.33. The van der Waals surface area contributed by atoms with Crippen LogP contribution in [0.5, 0.6) is 0 Å². The number of esters is 1. The van der Waals surface area contributed by atoms with Crippen LogP contribution in [0.2, 0.25) is 0 Å². The van der Waals surface area contributed by atoms with Crippen molar-refractivity contribution in [3.63, 3.8) is 0 Å². The molecule has 25 heavy (non-hydrogen) atoms. The molecule has 4 rings (SSSR count). The summed E-state index contributed by atoms with van der Waals surface area (Å²) in [7, 11) is 0. The molecule has 0 unspecified atom stereocenters. The minimum Gasteiger partial charge on any atom is -0.445 e. The van der Waals surface area contributed by atoms with Crippen LogP contribution in [-0.2, 0) is 16.0 Å². The monoisotopic (exact) mass is 332 g/mol. The van der Waals surface area contributed by atoms with Gasteiger partial charge in [0.25, 0.3) is 5.91 Å². The van der Waals surface area contributed by atoms with Crippen LogP contribution in [0.4, 0.5) is 5.69 Å². The molecule has 0 saturated carbocycles. The molecular weight excluding hydrogens is 316 g/mol. The van der Waals surface area contributed by atoms with Crippen molar-refractivity contribution in [3.05, 3.63) is 71.9 Å². The summed E-state index contributed by atoms with van der Waals surface area (Å²) in [5, 5.41) is 3.80. The van der Waals surface area contributed by atoms with Crippen LogP contribution in [0, 0.1) is 0 Å². The predicted octanol–water partition coefficient (Wildman–Crippen LogP) is 3.35. The number of carbonyl (C=O) groups is 2. The van der Waals surface area contributed by atoms with Gasteiger partial charge in [-0.15, -0.1) is 0 Å². The van der Waals surface area contributed by atoms with Crippen LogP contribution in [0.1, 0.15) is 22.8 Å². The van der Waals surface area contributed by atoms with Gasteiger partial charge in [-0.05, 0) is 30.7 Å². The molecule has 0 radical (unpaired) electrons. The maximum absolute atomic E-state index is 12.9. The van der Waals surface area contributed by atoms with E-state index in [2.05, 4.69) is 10.3 Å². The average Bonchev–Trinajstić information content (AvgIpc) is 2.62. The number of carbonyl (C=O) groups excluding carboxylic acids is 2. The number of amides is 1. The first kappa shape index (κ1) is 15.3. The van der Waals surface area contributed by atoms with E-state index in [0.717, 1.165) is 10.9 Å². The summed E-state index contributed by atoms with van der Waals surface area (Å²) in [5.41, 5.74) is 1.36. The van der Waals surface area contributed by atoms with E-state index in [1.54, 1.807) is 31.3 Å². The smallest absolute Gasteiger partial charge is 0.339 e. The first-order valence-corrected chi connectivity index (χ1v) is 8.03. The number of nitrogens with one attached hydrogen (secondary N) is 1. The second-order valence-electron chi connectivity index (χ2n) is 6.29. The molecule has 124 valence electrons. The van der Waals surface area contributed by atoms with Gasteiger partial charge in [0.1, 0.15) is 0 Å². The molecule has 5 nitrogen and oxygen atoms in total. The fourth-order valence-electron chi connectivity index (χ4n) is 3.12. The number of ether oxygens (including phenoxy) is 1. The highest BCUT2D eigenvalue weighted by Gasteiger charge is 2.42. The van der Waals surface area contributed by atoms with E-state index >= 15 is 0 Å². The molecule has 1 amide bonds. The highest BCUT2D eigenvalue weighted by Crippen LogP contribution is 2.30. The fourth-order valence-corrected chi connectivity index (χ4v) is 3.12. The molecule has 2 aromatic carbocycles. The maximum atomic E-state index is 12.9. The number of hydrogen-bond acceptors (Lipinski definition) is 4. The van der Waals surface area contributed by atoms with Gasteiger partial charge in [-0.3, -0.25) is 9.78 Å². The van der Waals surface area contributed by atoms with Gasteiger partial charge in [-0.1, -0.05) is 36.4 Å². The summed E-state index contributed by atoms with van der Waals surface area (Å²) in [6.45, 7) is 1.63. The minimum atomic E-state index is -1.26. The lowest BCUT2D eigenvalue weighted by atomic mass is 9.89. The van der Waals surface area contributed by atoms with E-state index in [-0.39, 0.29) is 5.91 Å². The molecule has 0 spiro atoms. The van der Waals surface area contributed by atoms with Gasteiger partial charge < -0.3 is 10.1 Å². The zero-order valence-electron chi connectivity index (χ0n) is 13.7. The molecule has 0 saturated heterocycles. The van der Waals surface area contributed by atoms with Crippen LogP contribution in [0.25, 0.3) is 10.9 Å². The molecule has 2 heterocycles. The van der Waals surface area contributed by atoms with Crippen molar-refractivity contribution < 1.29 is 14.3 Å². The maximum Gasteiger partial charge on any atom is 0.339 e. The summed E-state index contributed by atoms with van der Waals surface area (Å²) >= 11 is 0. The Hall–Kier alpha value is -3.21. The molecule has 5 heteroatoms. The second-order valence-corrected chi connectivity index (χ2v) is 6.29. The Morgan fingerprint density at radius 3 is 2.80 bits per heavy atom.